The fourth-order valence-corrected chi connectivity index (χ4v) is 1.76. The van der Waals surface area contributed by atoms with Gasteiger partial charge in [-0.05, 0) is 30.3 Å². The number of halogens is 2. The van der Waals surface area contributed by atoms with Crippen LogP contribution in [0, 0.1) is 11.6 Å². The minimum Gasteiger partial charge on any atom is -0.305 e. The molecule has 0 radical (unpaired) electrons. The molecule has 1 heterocycles. The van der Waals surface area contributed by atoms with E-state index >= 15 is 0 Å². The van der Waals surface area contributed by atoms with E-state index in [1.165, 1.54) is 12.4 Å². The van der Waals surface area contributed by atoms with E-state index in [2.05, 4.69) is 15.3 Å². The van der Waals surface area contributed by atoms with Gasteiger partial charge >= 0.3 is 0 Å². The highest BCUT2D eigenvalue weighted by Crippen LogP contribution is 2.21. The molecule has 0 aliphatic heterocycles. The summed E-state index contributed by atoms with van der Waals surface area (Å²) in [6, 6.07) is 5.33. The van der Waals surface area contributed by atoms with Crippen molar-refractivity contribution in [2.75, 3.05) is 6.54 Å². The second-order valence-electron chi connectivity index (χ2n) is 3.80. The van der Waals surface area contributed by atoms with Crippen LogP contribution in [0.2, 0.25) is 0 Å². The molecule has 0 aliphatic rings. The highest BCUT2D eigenvalue weighted by molar-refractivity contribution is 5.28. The number of aromatic nitrogens is 2. The first kappa shape index (κ1) is 12.6. The zero-order chi connectivity index (χ0) is 13.0. The Kier molecular flexibility index (Phi) is 3.94. The number of hydrogen-bond donors (Lipinski definition) is 1. The topological polar surface area (TPSA) is 37.8 Å². The Bertz CT molecular complexity index is 517. The van der Waals surface area contributed by atoms with Crippen molar-refractivity contribution in [3.8, 4) is 0 Å². The Morgan fingerprint density at radius 3 is 2.67 bits per heavy atom. The van der Waals surface area contributed by atoms with Gasteiger partial charge in [-0.1, -0.05) is 13.0 Å². The van der Waals surface area contributed by atoms with Crippen LogP contribution >= 0.6 is 0 Å². The van der Waals surface area contributed by atoms with E-state index in [9.17, 15) is 8.78 Å². The van der Waals surface area contributed by atoms with Gasteiger partial charge in [-0.2, -0.15) is 0 Å². The van der Waals surface area contributed by atoms with E-state index in [4.69, 9.17) is 0 Å². The molecule has 1 aromatic heterocycles. The molecule has 1 unspecified atom stereocenters. The molecular formula is C13H13F2N3. The maximum atomic E-state index is 13.3. The minimum absolute atomic E-state index is 0.270. The van der Waals surface area contributed by atoms with Gasteiger partial charge in [0, 0.05) is 6.20 Å². The van der Waals surface area contributed by atoms with Crippen LogP contribution in [0.5, 0.6) is 0 Å². The second-order valence-corrected chi connectivity index (χ2v) is 3.80. The molecule has 1 aromatic carbocycles. The van der Waals surface area contributed by atoms with Crippen molar-refractivity contribution in [1.82, 2.24) is 15.3 Å². The van der Waals surface area contributed by atoms with Gasteiger partial charge in [0.1, 0.15) is 6.33 Å². The van der Waals surface area contributed by atoms with Crippen molar-refractivity contribution in [3.05, 3.63) is 59.7 Å². The first-order valence-corrected chi connectivity index (χ1v) is 5.66. The van der Waals surface area contributed by atoms with Crippen LogP contribution in [-0.2, 0) is 0 Å². The largest absolute Gasteiger partial charge is 0.305 e. The summed E-state index contributed by atoms with van der Waals surface area (Å²) in [6.45, 7) is 2.63. The Morgan fingerprint density at radius 2 is 2.06 bits per heavy atom. The highest BCUT2D eigenvalue weighted by atomic mass is 19.2. The first-order chi connectivity index (χ1) is 8.72. The third kappa shape index (κ3) is 2.68. The van der Waals surface area contributed by atoms with Crippen molar-refractivity contribution in [3.63, 3.8) is 0 Å². The number of nitrogens with one attached hydrogen (secondary N) is 1. The van der Waals surface area contributed by atoms with E-state index in [1.54, 1.807) is 18.3 Å². The Balaban J connectivity index is 2.38. The smallest absolute Gasteiger partial charge is 0.159 e. The molecule has 0 aliphatic carbocycles. The minimum atomic E-state index is -0.857. The van der Waals surface area contributed by atoms with Gasteiger partial charge in [0.25, 0.3) is 0 Å². The molecule has 94 valence electrons. The second kappa shape index (κ2) is 5.64. The SMILES string of the molecule is CCNC(c1ccc(F)c(F)c1)c1ccncn1. The van der Waals surface area contributed by atoms with Gasteiger partial charge in [-0.25, -0.2) is 18.7 Å². The predicted octanol–water partition coefficient (Wildman–Crippen LogP) is 2.45. The average Bonchev–Trinajstić information content (AvgIpc) is 2.40. The lowest BCUT2D eigenvalue weighted by molar-refractivity contribution is 0.503. The average molecular weight is 249 g/mol. The van der Waals surface area contributed by atoms with Gasteiger partial charge in [0.05, 0.1) is 11.7 Å². The lowest BCUT2D eigenvalue weighted by atomic mass is 10.0. The molecule has 1 atom stereocenters. The highest BCUT2D eigenvalue weighted by Gasteiger charge is 2.15. The lowest BCUT2D eigenvalue weighted by Gasteiger charge is -2.17. The molecule has 1 N–H and O–H groups in total. The molecule has 0 saturated carbocycles. The molecule has 5 heteroatoms. The molecule has 18 heavy (non-hydrogen) atoms. The van der Waals surface area contributed by atoms with Crippen molar-refractivity contribution < 1.29 is 8.78 Å². The summed E-state index contributed by atoms with van der Waals surface area (Å²) in [5, 5.41) is 3.18. The van der Waals surface area contributed by atoms with Crippen molar-refractivity contribution >= 4 is 0 Å². The number of nitrogens with zero attached hydrogens (tertiary/aromatic N) is 2. The number of benzene rings is 1. The van der Waals surface area contributed by atoms with Gasteiger partial charge in [0.2, 0.25) is 0 Å². The zero-order valence-electron chi connectivity index (χ0n) is 9.90. The van der Waals surface area contributed by atoms with E-state index in [-0.39, 0.29) is 6.04 Å². The van der Waals surface area contributed by atoms with Gasteiger partial charge in [-0.15, -0.1) is 0 Å². The molecule has 2 aromatic rings. The zero-order valence-corrected chi connectivity index (χ0v) is 9.90. The summed E-state index contributed by atoms with van der Waals surface area (Å²) < 4.78 is 26.2. The van der Waals surface area contributed by atoms with Crippen LogP contribution in [0.4, 0.5) is 8.78 Å². The molecule has 0 saturated heterocycles. The van der Waals surface area contributed by atoms with Gasteiger partial charge in [-0.3, -0.25) is 0 Å². The summed E-state index contributed by atoms with van der Waals surface area (Å²) in [5.74, 6) is -1.71. The monoisotopic (exact) mass is 249 g/mol. The third-order valence-corrected chi connectivity index (χ3v) is 2.59. The summed E-state index contributed by atoms with van der Waals surface area (Å²) in [4.78, 5) is 7.98. The van der Waals surface area contributed by atoms with E-state index in [0.717, 1.165) is 11.8 Å². The fourth-order valence-electron chi connectivity index (χ4n) is 1.76. The maximum Gasteiger partial charge on any atom is 0.159 e. The lowest BCUT2D eigenvalue weighted by Crippen LogP contribution is -2.23. The Labute approximate surface area is 104 Å². The molecule has 3 nitrogen and oxygen atoms in total. The number of rotatable bonds is 4. The molecule has 0 bridgehead atoms. The van der Waals surface area contributed by atoms with Crippen LogP contribution < -0.4 is 5.32 Å². The molecule has 2 rings (SSSR count). The van der Waals surface area contributed by atoms with E-state index in [1.807, 2.05) is 6.92 Å². The summed E-state index contributed by atoms with van der Waals surface area (Å²) >= 11 is 0. The normalized spacial score (nSPS) is 12.4. The molecular weight excluding hydrogens is 236 g/mol. The maximum absolute atomic E-state index is 13.3. The van der Waals surface area contributed by atoms with Crippen LogP contribution in [0.25, 0.3) is 0 Å². The Hall–Kier alpha value is -1.88. The summed E-state index contributed by atoms with van der Waals surface area (Å²) in [6.07, 6.45) is 3.05. The van der Waals surface area contributed by atoms with Crippen molar-refractivity contribution in [1.29, 1.82) is 0 Å². The predicted molar refractivity (Wildman–Crippen MR) is 63.9 cm³/mol. The number of hydrogen-bond acceptors (Lipinski definition) is 3. The van der Waals surface area contributed by atoms with Gasteiger partial charge in [0.15, 0.2) is 11.6 Å². The standard InChI is InChI=1S/C13H13F2N3/c1-2-17-13(12-5-6-16-8-18-12)9-3-4-10(14)11(15)7-9/h3-8,13,17H,2H2,1H3. The quantitative estimate of drug-likeness (QED) is 0.904. The van der Waals surface area contributed by atoms with E-state index in [0.29, 0.717) is 12.1 Å². The van der Waals surface area contributed by atoms with Crippen LogP contribution in [0.3, 0.4) is 0 Å². The Morgan fingerprint density at radius 1 is 1.22 bits per heavy atom. The summed E-state index contributed by atoms with van der Waals surface area (Å²) in [5.41, 5.74) is 1.35. The van der Waals surface area contributed by atoms with E-state index < -0.39 is 11.6 Å². The first-order valence-electron chi connectivity index (χ1n) is 5.66. The fraction of sp³-hybridized carbons (Fsp3) is 0.231. The summed E-state index contributed by atoms with van der Waals surface area (Å²) in [7, 11) is 0. The van der Waals surface area contributed by atoms with Crippen molar-refractivity contribution in [2.24, 2.45) is 0 Å². The molecule has 0 spiro atoms. The van der Waals surface area contributed by atoms with Crippen molar-refractivity contribution in [2.45, 2.75) is 13.0 Å². The molecule has 0 fully saturated rings. The van der Waals surface area contributed by atoms with Crippen LogP contribution in [-0.4, -0.2) is 16.5 Å². The van der Waals surface area contributed by atoms with Gasteiger partial charge < -0.3 is 5.32 Å². The van der Waals surface area contributed by atoms with Crippen LogP contribution in [0.1, 0.15) is 24.2 Å². The van der Waals surface area contributed by atoms with Crippen LogP contribution in [0.15, 0.2) is 36.8 Å². The molecule has 0 amide bonds. The third-order valence-electron chi connectivity index (χ3n) is 2.59.